The molecule has 0 heterocycles. The minimum absolute atomic E-state index is 0.0553. The summed E-state index contributed by atoms with van der Waals surface area (Å²) in [5.74, 6) is 0.0794. The molecule has 0 saturated carbocycles. The van der Waals surface area contributed by atoms with Crippen LogP contribution in [0.3, 0.4) is 0 Å². The van der Waals surface area contributed by atoms with Crippen molar-refractivity contribution >= 4 is 29.6 Å². The molecule has 2 aromatic rings. The van der Waals surface area contributed by atoms with Gasteiger partial charge in [-0.3, -0.25) is 9.59 Å². The van der Waals surface area contributed by atoms with Crippen molar-refractivity contribution in [3.63, 3.8) is 0 Å². The SMILES string of the molecule is CCOc1cc(C=NNC(=O)CCNC(=O)c2ccc(OC)cc2)cc(Cl)c1O. The molecule has 0 bridgehead atoms. The average Bonchev–Trinajstić information content (AvgIpc) is 2.71. The zero-order valence-electron chi connectivity index (χ0n) is 16.1. The number of aromatic hydroxyl groups is 1. The van der Waals surface area contributed by atoms with Gasteiger partial charge in [-0.15, -0.1) is 0 Å². The number of nitrogens with one attached hydrogen (secondary N) is 2. The van der Waals surface area contributed by atoms with Crippen molar-refractivity contribution in [2.75, 3.05) is 20.3 Å². The smallest absolute Gasteiger partial charge is 0.251 e. The van der Waals surface area contributed by atoms with Crippen LogP contribution in [0.4, 0.5) is 0 Å². The number of hydrogen-bond donors (Lipinski definition) is 3. The minimum Gasteiger partial charge on any atom is -0.503 e. The van der Waals surface area contributed by atoms with Gasteiger partial charge in [0.1, 0.15) is 5.75 Å². The number of hydrazone groups is 1. The second-order valence-electron chi connectivity index (χ2n) is 5.81. The topological polar surface area (TPSA) is 109 Å². The van der Waals surface area contributed by atoms with Gasteiger partial charge in [0.25, 0.3) is 5.91 Å². The van der Waals surface area contributed by atoms with Crippen LogP contribution < -0.4 is 20.2 Å². The van der Waals surface area contributed by atoms with Gasteiger partial charge in [-0.25, -0.2) is 5.43 Å². The predicted molar refractivity (Wildman–Crippen MR) is 110 cm³/mol. The lowest BCUT2D eigenvalue weighted by molar-refractivity contribution is -0.120. The van der Waals surface area contributed by atoms with Gasteiger partial charge in [-0.2, -0.15) is 5.10 Å². The molecule has 0 spiro atoms. The molecule has 0 aliphatic heterocycles. The summed E-state index contributed by atoms with van der Waals surface area (Å²) >= 11 is 5.94. The van der Waals surface area contributed by atoms with E-state index in [4.69, 9.17) is 21.1 Å². The Hall–Kier alpha value is -3.26. The lowest BCUT2D eigenvalue weighted by Crippen LogP contribution is -2.29. The third-order valence-corrected chi connectivity index (χ3v) is 4.03. The van der Waals surface area contributed by atoms with Gasteiger partial charge in [-0.05, 0) is 48.9 Å². The summed E-state index contributed by atoms with van der Waals surface area (Å²) in [5, 5.41) is 16.4. The fraction of sp³-hybridized carbons (Fsp3) is 0.250. The van der Waals surface area contributed by atoms with Crippen molar-refractivity contribution in [3.8, 4) is 17.2 Å². The first-order valence-electron chi connectivity index (χ1n) is 8.84. The number of carbonyl (C=O) groups is 2. The first-order valence-corrected chi connectivity index (χ1v) is 9.21. The molecule has 0 aliphatic rings. The number of hydrogen-bond acceptors (Lipinski definition) is 6. The molecule has 0 atom stereocenters. The van der Waals surface area contributed by atoms with Crippen LogP contribution in [-0.2, 0) is 4.79 Å². The number of amides is 2. The maximum atomic E-state index is 12.0. The number of halogens is 1. The van der Waals surface area contributed by atoms with Gasteiger partial charge >= 0.3 is 0 Å². The highest BCUT2D eigenvalue weighted by Crippen LogP contribution is 2.34. The predicted octanol–water partition coefficient (Wildman–Crippen LogP) is 2.72. The van der Waals surface area contributed by atoms with Crippen LogP contribution in [-0.4, -0.2) is 43.4 Å². The summed E-state index contributed by atoms with van der Waals surface area (Å²) < 4.78 is 10.3. The van der Waals surface area contributed by atoms with Crippen molar-refractivity contribution < 1.29 is 24.2 Å². The van der Waals surface area contributed by atoms with Gasteiger partial charge in [0, 0.05) is 18.5 Å². The first-order chi connectivity index (χ1) is 13.9. The second kappa shape index (κ2) is 10.9. The zero-order valence-corrected chi connectivity index (χ0v) is 16.8. The standard InChI is InChI=1S/C20H22ClN3O5/c1-3-29-17-11-13(10-16(21)19(17)26)12-23-24-18(25)8-9-22-20(27)14-4-6-15(28-2)7-5-14/h4-7,10-12,26H,3,8-9H2,1-2H3,(H,22,27)(H,24,25). The second-order valence-corrected chi connectivity index (χ2v) is 6.22. The van der Waals surface area contributed by atoms with Crippen molar-refractivity contribution in [1.82, 2.24) is 10.7 Å². The summed E-state index contributed by atoms with van der Waals surface area (Å²) in [6, 6.07) is 9.68. The first kappa shape index (κ1) is 22.0. The Balaban J connectivity index is 1.80. The number of ether oxygens (including phenoxy) is 2. The summed E-state index contributed by atoms with van der Waals surface area (Å²) in [4.78, 5) is 23.9. The van der Waals surface area contributed by atoms with E-state index in [1.807, 2.05) is 0 Å². The van der Waals surface area contributed by atoms with Crippen LogP contribution >= 0.6 is 11.6 Å². The number of rotatable bonds is 9. The summed E-state index contributed by atoms with van der Waals surface area (Å²) in [6.45, 7) is 2.30. The maximum Gasteiger partial charge on any atom is 0.251 e. The lowest BCUT2D eigenvalue weighted by Gasteiger charge is -2.08. The summed E-state index contributed by atoms with van der Waals surface area (Å²) in [5.41, 5.74) is 3.38. The van der Waals surface area contributed by atoms with Gasteiger partial charge < -0.3 is 19.9 Å². The van der Waals surface area contributed by atoms with Crippen LogP contribution in [0.5, 0.6) is 17.2 Å². The quantitative estimate of drug-likeness (QED) is 0.427. The molecular formula is C20H22ClN3O5. The van der Waals surface area contributed by atoms with Gasteiger partial charge in [0.15, 0.2) is 11.5 Å². The number of carbonyl (C=O) groups excluding carboxylic acids is 2. The van der Waals surface area contributed by atoms with Crippen molar-refractivity contribution in [3.05, 3.63) is 52.5 Å². The van der Waals surface area contributed by atoms with E-state index in [1.165, 1.54) is 12.3 Å². The molecule has 2 amide bonds. The molecule has 0 fully saturated rings. The Kier molecular flexibility index (Phi) is 8.29. The Morgan fingerprint density at radius 1 is 1.24 bits per heavy atom. The monoisotopic (exact) mass is 419 g/mol. The number of phenolic OH excluding ortho intramolecular Hbond substituents is 1. The highest BCUT2D eigenvalue weighted by atomic mass is 35.5. The van der Waals surface area contributed by atoms with Gasteiger partial charge in [0.05, 0.1) is 25.0 Å². The highest BCUT2D eigenvalue weighted by Gasteiger charge is 2.09. The average molecular weight is 420 g/mol. The molecule has 29 heavy (non-hydrogen) atoms. The lowest BCUT2D eigenvalue weighted by atomic mass is 10.2. The number of phenols is 1. The van der Waals surface area contributed by atoms with Crippen molar-refractivity contribution in [1.29, 1.82) is 0 Å². The minimum atomic E-state index is -0.369. The van der Waals surface area contributed by atoms with Crippen molar-refractivity contribution in [2.24, 2.45) is 5.10 Å². The fourth-order valence-electron chi connectivity index (χ4n) is 2.30. The molecule has 9 heteroatoms. The zero-order chi connectivity index (χ0) is 21.2. The van der Waals surface area contributed by atoms with E-state index in [1.54, 1.807) is 44.4 Å². The van der Waals surface area contributed by atoms with Crippen LogP contribution in [0.2, 0.25) is 5.02 Å². The maximum absolute atomic E-state index is 12.0. The summed E-state index contributed by atoms with van der Waals surface area (Å²) in [7, 11) is 1.55. The van der Waals surface area contributed by atoms with E-state index in [2.05, 4.69) is 15.8 Å². The number of nitrogens with zero attached hydrogens (tertiary/aromatic N) is 1. The molecule has 0 aliphatic carbocycles. The molecule has 0 aromatic heterocycles. The van der Waals surface area contributed by atoms with Crippen LogP contribution in [0.15, 0.2) is 41.5 Å². The Morgan fingerprint density at radius 3 is 2.62 bits per heavy atom. The summed E-state index contributed by atoms with van der Waals surface area (Å²) in [6.07, 6.45) is 1.43. The van der Waals surface area contributed by atoms with E-state index in [9.17, 15) is 14.7 Å². The third-order valence-electron chi connectivity index (χ3n) is 3.74. The van der Waals surface area contributed by atoms with E-state index in [0.717, 1.165) is 0 Å². The molecule has 0 unspecified atom stereocenters. The van der Waals surface area contributed by atoms with E-state index in [0.29, 0.717) is 23.5 Å². The van der Waals surface area contributed by atoms with Crippen LogP contribution in [0, 0.1) is 0 Å². The third kappa shape index (κ3) is 6.69. The van der Waals surface area contributed by atoms with E-state index < -0.39 is 0 Å². The van der Waals surface area contributed by atoms with E-state index in [-0.39, 0.29) is 41.3 Å². The normalized spacial score (nSPS) is 10.6. The molecule has 3 N–H and O–H groups in total. The largest absolute Gasteiger partial charge is 0.503 e. The molecular weight excluding hydrogens is 398 g/mol. The molecule has 0 radical (unpaired) electrons. The Bertz CT molecular complexity index is 884. The Morgan fingerprint density at radius 2 is 1.97 bits per heavy atom. The molecule has 0 saturated heterocycles. The van der Waals surface area contributed by atoms with Gasteiger partial charge in [0.2, 0.25) is 5.91 Å². The Labute approximate surface area is 173 Å². The van der Waals surface area contributed by atoms with Gasteiger partial charge in [-0.1, -0.05) is 11.6 Å². The van der Waals surface area contributed by atoms with Crippen LogP contribution in [0.1, 0.15) is 29.3 Å². The molecule has 8 nitrogen and oxygen atoms in total. The van der Waals surface area contributed by atoms with Crippen molar-refractivity contribution in [2.45, 2.75) is 13.3 Å². The molecule has 2 aromatic carbocycles. The molecule has 2 rings (SSSR count). The van der Waals surface area contributed by atoms with E-state index >= 15 is 0 Å². The number of methoxy groups -OCH3 is 1. The van der Waals surface area contributed by atoms with Crippen LogP contribution in [0.25, 0.3) is 0 Å². The fourth-order valence-corrected chi connectivity index (χ4v) is 2.52. The number of benzene rings is 2. The molecule has 154 valence electrons. The highest BCUT2D eigenvalue weighted by molar-refractivity contribution is 6.32.